The molecular weight excluding hydrogens is 536 g/mol. The molecule has 2 aromatic heterocycles. The maximum atomic E-state index is 13.3. The Morgan fingerprint density at radius 1 is 1.07 bits per heavy atom. The van der Waals surface area contributed by atoms with Crippen LogP contribution in [-0.2, 0) is 14.9 Å². The van der Waals surface area contributed by atoms with Crippen LogP contribution in [0.4, 0.5) is 17.2 Å². The lowest BCUT2D eigenvalue weighted by Crippen LogP contribution is -2.49. The molecule has 0 radical (unpaired) electrons. The zero-order valence-electron chi connectivity index (χ0n) is 23.3. The number of nitrogens with zero attached hydrogens (tertiary/aromatic N) is 3. The second-order valence-corrected chi connectivity index (χ2v) is 11.5. The Kier molecular flexibility index (Phi) is 5.49. The lowest BCUT2D eigenvalue weighted by molar-refractivity contribution is -0.118. The van der Waals surface area contributed by atoms with E-state index >= 15 is 0 Å². The van der Waals surface area contributed by atoms with Crippen molar-refractivity contribution in [3.63, 3.8) is 0 Å². The van der Waals surface area contributed by atoms with Gasteiger partial charge in [0, 0.05) is 17.0 Å². The molecule has 2 bridgehead atoms. The van der Waals surface area contributed by atoms with Gasteiger partial charge in [-0.2, -0.15) is 5.10 Å². The smallest absolute Gasteiger partial charge is 0.273 e. The monoisotopic (exact) mass is 566 g/mol. The maximum Gasteiger partial charge on any atom is 0.273 e. The molecule has 2 unspecified atom stereocenters. The Hall–Kier alpha value is -4.64. The molecule has 4 aliphatic rings. The molecule has 4 atom stereocenters. The minimum atomic E-state index is -0.572. The van der Waals surface area contributed by atoms with Crippen LogP contribution >= 0.6 is 0 Å². The number of carbonyl (C=O) groups is 2. The molecule has 1 spiro atoms. The quantitative estimate of drug-likeness (QED) is 0.318. The van der Waals surface area contributed by atoms with E-state index < -0.39 is 5.41 Å². The number of fused-ring (bicyclic) bond motifs is 5. The number of ether oxygens (including phenoxy) is 3. The number of aromatic amines is 1. The number of benzene rings is 2. The van der Waals surface area contributed by atoms with Crippen LogP contribution in [0.2, 0.25) is 0 Å². The molecule has 4 aromatic rings. The van der Waals surface area contributed by atoms with Gasteiger partial charge in [0.25, 0.3) is 5.91 Å². The Labute approximate surface area is 241 Å². The van der Waals surface area contributed by atoms with E-state index in [1.54, 1.807) is 19.2 Å². The van der Waals surface area contributed by atoms with Crippen molar-refractivity contribution in [2.75, 3.05) is 38.1 Å². The van der Waals surface area contributed by atoms with Crippen LogP contribution in [0.25, 0.3) is 10.9 Å². The van der Waals surface area contributed by atoms with Gasteiger partial charge in [0.15, 0.2) is 5.82 Å². The van der Waals surface area contributed by atoms with E-state index in [1.807, 2.05) is 29.2 Å². The molecule has 11 heteroatoms. The van der Waals surface area contributed by atoms with E-state index in [0.29, 0.717) is 36.3 Å². The molecular formula is C31H30N6O5. The van der Waals surface area contributed by atoms with Crippen LogP contribution in [0, 0.1) is 0 Å². The number of aromatic nitrogens is 3. The molecule has 1 saturated carbocycles. The molecule has 2 saturated heterocycles. The highest BCUT2D eigenvalue weighted by molar-refractivity contribution is 6.10. The largest absolute Gasteiger partial charge is 0.497 e. The third kappa shape index (κ3) is 3.62. The fourth-order valence-corrected chi connectivity index (χ4v) is 7.08. The number of methoxy groups -OCH3 is 2. The minimum Gasteiger partial charge on any atom is -0.497 e. The Morgan fingerprint density at radius 3 is 2.69 bits per heavy atom. The van der Waals surface area contributed by atoms with Gasteiger partial charge in [0.05, 0.1) is 50.4 Å². The SMILES string of the molecule is COc1ccc2c(c1)[C@]1(C[C@H]1c1ccc3c(Nc4ccc(C(=O)N5C6CCC5COC6)nc4OC)n[nH]c3c1)C(=O)N2. The van der Waals surface area contributed by atoms with Crippen LogP contribution < -0.4 is 20.1 Å². The predicted molar refractivity (Wildman–Crippen MR) is 155 cm³/mol. The number of rotatable bonds is 6. The average molecular weight is 567 g/mol. The molecule has 3 aliphatic heterocycles. The second-order valence-electron chi connectivity index (χ2n) is 11.5. The first-order valence-electron chi connectivity index (χ1n) is 14.2. The number of pyridine rings is 1. The predicted octanol–water partition coefficient (Wildman–Crippen LogP) is 4.10. The number of H-pyrrole nitrogens is 1. The fourth-order valence-electron chi connectivity index (χ4n) is 7.08. The molecule has 2 amide bonds. The molecule has 2 aromatic carbocycles. The first kappa shape index (κ1) is 25.1. The van der Waals surface area contributed by atoms with Gasteiger partial charge in [-0.05, 0) is 72.9 Å². The first-order valence-corrected chi connectivity index (χ1v) is 14.2. The number of hydrogen-bond donors (Lipinski definition) is 3. The van der Waals surface area contributed by atoms with Gasteiger partial charge in [0.2, 0.25) is 11.8 Å². The van der Waals surface area contributed by atoms with Crippen molar-refractivity contribution in [3.8, 4) is 11.6 Å². The van der Waals surface area contributed by atoms with Crippen molar-refractivity contribution in [1.29, 1.82) is 0 Å². The zero-order valence-corrected chi connectivity index (χ0v) is 23.3. The fraction of sp³-hybridized carbons (Fsp3) is 0.355. The summed E-state index contributed by atoms with van der Waals surface area (Å²) in [6.07, 6.45) is 2.65. The molecule has 3 N–H and O–H groups in total. The Morgan fingerprint density at radius 2 is 1.90 bits per heavy atom. The molecule has 3 fully saturated rings. The maximum absolute atomic E-state index is 13.3. The number of amides is 2. The van der Waals surface area contributed by atoms with E-state index in [9.17, 15) is 9.59 Å². The van der Waals surface area contributed by atoms with Gasteiger partial charge >= 0.3 is 0 Å². The van der Waals surface area contributed by atoms with Crippen molar-refractivity contribution in [2.45, 2.75) is 42.7 Å². The number of anilines is 3. The number of carbonyl (C=O) groups excluding carboxylic acids is 2. The summed E-state index contributed by atoms with van der Waals surface area (Å²) in [7, 11) is 3.17. The van der Waals surface area contributed by atoms with Crippen molar-refractivity contribution in [1.82, 2.24) is 20.1 Å². The number of morpholine rings is 1. The summed E-state index contributed by atoms with van der Waals surface area (Å²) in [6.45, 7) is 1.15. The highest BCUT2D eigenvalue weighted by Gasteiger charge is 2.65. The van der Waals surface area contributed by atoms with Crippen LogP contribution in [0.1, 0.15) is 46.8 Å². The van der Waals surface area contributed by atoms with E-state index in [2.05, 4.69) is 37.9 Å². The average Bonchev–Trinajstić information content (AvgIpc) is 3.47. The summed E-state index contributed by atoms with van der Waals surface area (Å²) in [6, 6.07) is 15.6. The van der Waals surface area contributed by atoms with E-state index in [0.717, 1.165) is 52.7 Å². The minimum absolute atomic E-state index is 0.0330. The number of nitrogens with one attached hydrogen (secondary N) is 3. The van der Waals surface area contributed by atoms with Gasteiger partial charge in [0.1, 0.15) is 17.1 Å². The van der Waals surface area contributed by atoms with Gasteiger partial charge in [-0.15, -0.1) is 0 Å². The normalized spacial score (nSPS) is 25.4. The molecule has 214 valence electrons. The third-order valence-corrected chi connectivity index (χ3v) is 9.31. The Bertz CT molecular complexity index is 1750. The van der Waals surface area contributed by atoms with E-state index in [-0.39, 0.29) is 29.8 Å². The summed E-state index contributed by atoms with van der Waals surface area (Å²) < 4.78 is 16.6. The molecule has 42 heavy (non-hydrogen) atoms. The molecule has 5 heterocycles. The summed E-state index contributed by atoms with van der Waals surface area (Å²) in [5.74, 6) is 1.67. The molecule has 1 aliphatic carbocycles. The lowest BCUT2D eigenvalue weighted by Gasteiger charge is -2.34. The standard InChI is InChI=1S/C31H30N6O5/c1-40-19-6-8-23-21(12-19)31(30(39)34-23)13-22(31)16-3-7-20-26(11-16)35-36-27(20)32-24-9-10-25(33-28(24)41-2)29(38)37-17-4-5-18(37)15-42-14-17/h3,6-12,17-18,22H,4-5,13-15H2,1-2H3,(H,34,39)(H2,32,35,36)/t17?,18?,22-,31-/m0/s1. The van der Waals surface area contributed by atoms with E-state index in [1.165, 1.54) is 7.11 Å². The van der Waals surface area contributed by atoms with Gasteiger partial charge < -0.3 is 29.7 Å². The van der Waals surface area contributed by atoms with Crippen LogP contribution in [-0.4, -0.2) is 71.4 Å². The van der Waals surface area contributed by atoms with Gasteiger partial charge in [-0.1, -0.05) is 6.07 Å². The van der Waals surface area contributed by atoms with Crippen molar-refractivity contribution in [3.05, 3.63) is 65.4 Å². The summed E-state index contributed by atoms with van der Waals surface area (Å²) in [5.41, 5.74) is 4.15. The van der Waals surface area contributed by atoms with Crippen LogP contribution in [0.5, 0.6) is 11.6 Å². The van der Waals surface area contributed by atoms with Gasteiger partial charge in [-0.3, -0.25) is 14.7 Å². The van der Waals surface area contributed by atoms with Crippen LogP contribution in [0.15, 0.2) is 48.5 Å². The van der Waals surface area contributed by atoms with Crippen molar-refractivity contribution < 1.29 is 23.8 Å². The van der Waals surface area contributed by atoms with E-state index in [4.69, 9.17) is 14.2 Å². The zero-order chi connectivity index (χ0) is 28.6. The van der Waals surface area contributed by atoms with Crippen LogP contribution in [0.3, 0.4) is 0 Å². The topological polar surface area (TPSA) is 131 Å². The first-order chi connectivity index (χ1) is 20.5. The lowest BCUT2D eigenvalue weighted by atomic mass is 9.91. The number of hydrogen-bond acceptors (Lipinski definition) is 8. The molecule has 11 nitrogen and oxygen atoms in total. The highest BCUT2D eigenvalue weighted by atomic mass is 16.5. The van der Waals surface area contributed by atoms with Gasteiger partial charge in [-0.25, -0.2) is 4.98 Å². The van der Waals surface area contributed by atoms with Crippen molar-refractivity contribution >= 4 is 39.9 Å². The van der Waals surface area contributed by atoms with Crippen molar-refractivity contribution in [2.24, 2.45) is 0 Å². The second kappa shape index (κ2) is 9.18. The molecule has 8 rings (SSSR count). The third-order valence-electron chi connectivity index (χ3n) is 9.31. The summed E-state index contributed by atoms with van der Waals surface area (Å²) in [4.78, 5) is 32.9. The highest BCUT2D eigenvalue weighted by Crippen LogP contribution is 2.65. The summed E-state index contributed by atoms with van der Waals surface area (Å²) in [5, 5.41) is 14.9. The Balaban J connectivity index is 1.04. The summed E-state index contributed by atoms with van der Waals surface area (Å²) >= 11 is 0.